The molecule has 3 heterocycles. The summed E-state index contributed by atoms with van der Waals surface area (Å²) in [5.41, 5.74) is 4.55. The van der Waals surface area contributed by atoms with E-state index in [0.717, 1.165) is 22.2 Å². The summed E-state index contributed by atoms with van der Waals surface area (Å²) in [7, 11) is 0. The molecule has 2 unspecified atom stereocenters. The van der Waals surface area contributed by atoms with Gasteiger partial charge in [0.1, 0.15) is 18.3 Å². The number of ether oxygens (including phenoxy) is 1. The molecule has 5 rings (SSSR count). The minimum absolute atomic E-state index is 0.0936. The number of nitrogens with zero attached hydrogens (tertiary/aromatic N) is 3. The first kappa shape index (κ1) is 17.3. The minimum atomic E-state index is -0.640. The molecule has 0 spiro atoms. The molecule has 0 radical (unpaired) electrons. The van der Waals surface area contributed by atoms with Crippen molar-refractivity contribution >= 4 is 28.3 Å². The van der Waals surface area contributed by atoms with Crippen LogP contribution in [-0.2, 0) is 9.53 Å². The molecule has 2 aliphatic rings. The molecule has 0 aliphatic carbocycles. The third-order valence-electron chi connectivity index (χ3n) is 5.50. The van der Waals surface area contributed by atoms with Gasteiger partial charge >= 0.3 is 5.97 Å². The highest BCUT2D eigenvalue weighted by Crippen LogP contribution is 2.44. The molecule has 1 saturated heterocycles. The van der Waals surface area contributed by atoms with Crippen molar-refractivity contribution in [3.63, 3.8) is 0 Å². The second-order valence-electron chi connectivity index (χ2n) is 7.17. The Morgan fingerprint density at radius 2 is 2.00 bits per heavy atom. The third kappa shape index (κ3) is 2.64. The maximum absolute atomic E-state index is 13.4. The summed E-state index contributed by atoms with van der Waals surface area (Å²) in [4.78, 5) is 17.1. The van der Waals surface area contributed by atoms with Gasteiger partial charge in [-0.25, -0.2) is 4.39 Å². The van der Waals surface area contributed by atoms with E-state index in [0.29, 0.717) is 22.5 Å². The Balaban J connectivity index is 1.74. The number of nitriles is 1. The number of hydrogen-bond acceptors (Lipinski definition) is 5. The van der Waals surface area contributed by atoms with Crippen molar-refractivity contribution in [2.45, 2.75) is 12.8 Å². The van der Waals surface area contributed by atoms with Crippen LogP contribution in [0, 0.1) is 30.0 Å². The monoisotopic (exact) mass is 386 g/mol. The summed E-state index contributed by atoms with van der Waals surface area (Å²) < 4.78 is 18.7. The minimum Gasteiger partial charge on any atom is -0.459 e. The van der Waals surface area contributed by atoms with E-state index in [9.17, 15) is 14.4 Å². The summed E-state index contributed by atoms with van der Waals surface area (Å²) in [6.07, 6.45) is 0. The Labute approximate surface area is 165 Å². The number of aryl methyl sites for hydroxylation is 1. The van der Waals surface area contributed by atoms with E-state index in [-0.39, 0.29) is 18.4 Å². The Morgan fingerprint density at radius 1 is 1.21 bits per heavy atom. The lowest BCUT2D eigenvalue weighted by molar-refractivity contribution is -0.141. The number of cyclic esters (lactones) is 1. The highest BCUT2D eigenvalue weighted by atomic mass is 19.1. The van der Waals surface area contributed by atoms with Crippen molar-refractivity contribution < 1.29 is 13.9 Å². The van der Waals surface area contributed by atoms with Crippen molar-refractivity contribution in [1.29, 1.82) is 5.26 Å². The number of allylic oxidation sites excluding steroid dienone is 1. The van der Waals surface area contributed by atoms with E-state index >= 15 is 0 Å². The van der Waals surface area contributed by atoms with Crippen LogP contribution in [0.3, 0.4) is 0 Å². The van der Waals surface area contributed by atoms with Gasteiger partial charge < -0.3 is 4.74 Å². The number of nitrogens with one attached hydrogen (secondary N) is 1. The number of carbonyl (C=O) groups is 1. The zero-order chi connectivity index (χ0) is 20.1. The maximum atomic E-state index is 13.4. The Morgan fingerprint density at radius 3 is 2.76 bits per heavy atom. The second-order valence-corrected chi connectivity index (χ2v) is 7.17. The number of benzene rings is 2. The van der Waals surface area contributed by atoms with Crippen LogP contribution in [0.4, 0.5) is 4.39 Å². The first-order valence-electron chi connectivity index (χ1n) is 9.15. The lowest BCUT2D eigenvalue weighted by atomic mass is 9.75. The van der Waals surface area contributed by atoms with E-state index in [1.807, 2.05) is 25.1 Å². The standard InChI is InChI=1S/C22H15FN4O2/c1-11-15-8-13(4-7-17(15)27-26-11)19-16(9-24)21(12-2-5-14(23)6-3-12)25-18-10-29-22(28)20(18)19/h2-8,19-20H,10H2,1H3,(H,26,27). The molecule has 1 aromatic heterocycles. The van der Waals surface area contributed by atoms with Crippen molar-refractivity contribution in [2.75, 3.05) is 6.61 Å². The zero-order valence-corrected chi connectivity index (χ0v) is 15.4. The number of esters is 1. The average Bonchev–Trinajstić information content (AvgIpc) is 3.29. The average molecular weight is 386 g/mol. The lowest BCUT2D eigenvalue weighted by Gasteiger charge is -2.27. The molecule has 1 N–H and O–H groups in total. The highest BCUT2D eigenvalue weighted by molar-refractivity contribution is 6.12. The molecule has 142 valence electrons. The molecule has 0 bridgehead atoms. The van der Waals surface area contributed by atoms with Gasteiger partial charge in [-0.05, 0) is 48.9 Å². The Kier molecular flexibility index (Phi) is 3.81. The van der Waals surface area contributed by atoms with E-state index < -0.39 is 11.8 Å². The number of rotatable bonds is 2. The van der Waals surface area contributed by atoms with Gasteiger partial charge in [0.05, 0.1) is 28.6 Å². The number of hydrogen-bond donors (Lipinski definition) is 1. The van der Waals surface area contributed by atoms with Crippen LogP contribution < -0.4 is 0 Å². The number of halogens is 1. The SMILES string of the molecule is Cc1[nH]nc2ccc(C3C(C#N)=C(c4ccc(F)cc4)N=C4COC(=O)C43)cc12. The largest absolute Gasteiger partial charge is 0.459 e. The molecular weight excluding hydrogens is 371 g/mol. The maximum Gasteiger partial charge on any atom is 0.316 e. The second kappa shape index (κ2) is 6.38. The molecular formula is C22H15FN4O2. The molecule has 1 fully saturated rings. The van der Waals surface area contributed by atoms with Gasteiger partial charge in [-0.3, -0.25) is 14.9 Å². The number of H-pyrrole nitrogens is 1. The molecule has 3 aromatic rings. The molecule has 29 heavy (non-hydrogen) atoms. The normalized spacial score (nSPS) is 21.0. The van der Waals surface area contributed by atoms with E-state index in [4.69, 9.17) is 4.74 Å². The number of aliphatic imine (C=N–C) groups is 1. The van der Waals surface area contributed by atoms with Crippen LogP contribution >= 0.6 is 0 Å². The first-order valence-corrected chi connectivity index (χ1v) is 9.15. The topological polar surface area (TPSA) is 91.1 Å². The fourth-order valence-electron chi connectivity index (χ4n) is 4.07. The molecule has 2 aromatic carbocycles. The van der Waals surface area contributed by atoms with Gasteiger partial charge in [0, 0.05) is 22.6 Å². The number of carbonyl (C=O) groups excluding carboxylic acids is 1. The predicted octanol–water partition coefficient (Wildman–Crippen LogP) is 3.66. The van der Waals surface area contributed by atoms with Crippen LogP contribution in [0.15, 0.2) is 53.0 Å². The predicted molar refractivity (Wildman–Crippen MR) is 104 cm³/mol. The van der Waals surface area contributed by atoms with Crippen molar-refractivity contribution in [1.82, 2.24) is 10.2 Å². The fourth-order valence-corrected chi connectivity index (χ4v) is 4.07. The number of aromatic nitrogens is 2. The van der Waals surface area contributed by atoms with Gasteiger partial charge in [-0.1, -0.05) is 6.07 Å². The summed E-state index contributed by atoms with van der Waals surface area (Å²) in [5, 5.41) is 18.1. The molecule has 7 heteroatoms. The summed E-state index contributed by atoms with van der Waals surface area (Å²) in [6, 6.07) is 13.8. The van der Waals surface area contributed by atoms with E-state index in [1.54, 1.807) is 12.1 Å². The van der Waals surface area contributed by atoms with Crippen LogP contribution in [0.1, 0.15) is 22.7 Å². The Bertz CT molecular complexity index is 1260. The molecule has 2 aliphatic heterocycles. The van der Waals surface area contributed by atoms with Gasteiger partial charge in [0.2, 0.25) is 0 Å². The van der Waals surface area contributed by atoms with E-state index in [1.165, 1.54) is 12.1 Å². The van der Waals surface area contributed by atoms with Crippen LogP contribution in [-0.4, -0.2) is 28.5 Å². The highest BCUT2D eigenvalue weighted by Gasteiger charge is 2.46. The molecule has 0 amide bonds. The number of aromatic amines is 1. The van der Waals surface area contributed by atoms with Gasteiger partial charge in [-0.15, -0.1) is 0 Å². The van der Waals surface area contributed by atoms with Gasteiger partial charge in [0.25, 0.3) is 0 Å². The molecule has 6 nitrogen and oxygen atoms in total. The molecule has 2 atom stereocenters. The summed E-state index contributed by atoms with van der Waals surface area (Å²) in [5.74, 6) is -1.92. The first-order chi connectivity index (χ1) is 14.1. The zero-order valence-electron chi connectivity index (χ0n) is 15.4. The Hall–Kier alpha value is -3.79. The van der Waals surface area contributed by atoms with E-state index in [2.05, 4.69) is 21.3 Å². The van der Waals surface area contributed by atoms with Crippen LogP contribution in [0.5, 0.6) is 0 Å². The van der Waals surface area contributed by atoms with Crippen molar-refractivity contribution in [3.8, 4) is 6.07 Å². The quantitative estimate of drug-likeness (QED) is 0.681. The summed E-state index contributed by atoms with van der Waals surface area (Å²) in [6.45, 7) is 2.01. The van der Waals surface area contributed by atoms with Crippen molar-refractivity contribution in [2.24, 2.45) is 10.9 Å². The van der Waals surface area contributed by atoms with Crippen LogP contribution in [0.2, 0.25) is 0 Å². The number of fused-ring (bicyclic) bond motifs is 2. The fraction of sp³-hybridized carbons (Fsp3) is 0.182. The summed E-state index contributed by atoms with van der Waals surface area (Å²) >= 11 is 0. The lowest BCUT2D eigenvalue weighted by Crippen LogP contribution is -2.29. The third-order valence-corrected chi connectivity index (χ3v) is 5.50. The van der Waals surface area contributed by atoms with Gasteiger partial charge in [-0.2, -0.15) is 10.4 Å². The van der Waals surface area contributed by atoms with Gasteiger partial charge in [0.15, 0.2) is 0 Å². The van der Waals surface area contributed by atoms with Crippen LogP contribution in [0.25, 0.3) is 16.6 Å². The smallest absolute Gasteiger partial charge is 0.316 e. The molecule has 0 saturated carbocycles. The van der Waals surface area contributed by atoms with Crippen molar-refractivity contribution in [3.05, 3.63) is 70.7 Å².